The number of halogens is 2. The predicted octanol–water partition coefficient (Wildman–Crippen LogP) is 3.20. The molecule has 0 spiro atoms. The van der Waals surface area contributed by atoms with Gasteiger partial charge in [0, 0.05) is 30.2 Å². The molecule has 0 aliphatic rings. The van der Waals surface area contributed by atoms with Crippen molar-refractivity contribution in [2.24, 2.45) is 0 Å². The number of hydrogen-bond acceptors (Lipinski definition) is 2. The van der Waals surface area contributed by atoms with Gasteiger partial charge in [-0.1, -0.05) is 0 Å². The molecule has 4 heteroatoms. The molecule has 0 atom stereocenters. The van der Waals surface area contributed by atoms with E-state index >= 15 is 0 Å². The van der Waals surface area contributed by atoms with Crippen LogP contribution in [0, 0.1) is 5.82 Å². The van der Waals surface area contributed by atoms with Crippen molar-refractivity contribution in [1.29, 1.82) is 0 Å². The predicted molar refractivity (Wildman–Crippen MR) is 59.5 cm³/mol. The molecule has 0 aliphatic carbocycles. The second-order valence-electron chi connectivity index (χ2n) is 3.14. The molecular weight excluding hydrogens is 263 g/mol. The molecule has 1 rings (SSSR count). The molecule has 0 amide bonds. The molecule has 15 heavy (non-hydrogen) atoms. The summed E-state index contributed by atoms with van der Waals surface area (Å²) in [5.41, 5.74) is 0.521. The largest absolute Gasteiger partial charge is 0.385 e. The molecule has 0 unspecified atom stereocenters. The van der Waals surface area contributed by atoms with Crippen molar-refractivity contribution in [3.8, 4) is 0 Å². The van der Waals surface area contributed by atoms with Gasteiger partial charge in [-0.05, 0) is 40.5 Å². The van der Waals surface area contributed by atoms with Gasteiger partial charge in [-0.3, -0.25) is 4.79 Å². The van der Waals surface area contributed by atoms with E-state index in [1.807, 2.05) is 0 Å². The van der Waals surface area contributed by atoms with E-state index in [0.717, 1.165) is 0 Å². The zero-order chi connectivity index (χ0) is 11.3. The van der Waals surface area contributed by atoms with Crippen LogP contribution in [0.1, 0.15) is 23.2 Å². The Morgan fingerprint density at radius 3 is 2.87 bits per heavy atom. The lowest BCUT2D eigenvalue weighted by molar-refractivity contribution is 0.0962. The van der Waals surface area contributed by atoms with Crippen LogP contribution < -0.4 is 0 Å². The lowest BCUT2D eigenvalue weighted by Crippen LogP contribution is -2.02. The van der Waals surface area contributed by atoms with E-state index in [1.54, 1.807) is 7.11 Å². The van der Waals surface area contributed by atoms with Crippen LogP contribution in [0.15, 0.2) is 22.7 Å². The number of Topliss-reactive ketones (excluding diaryl/α,β-unsaturated/α-hetero) is 1. The van der Waals surface area contributed by atoms with Gasteiger partial charge in [0.1, 0.15) is 5.82 Å². The zero-order valence-corrected chi connectivity index (χ0v) is 10.0. The summed E-state index contributed by atoms with van der Waals surface area (Å²) in [5.74, 6) is -0.353. The fraction of sp³-hybridized carbons (Fsp3) is 0.364. The van der Waals surface area contributed by atoms with Crippen LogP contribution in [0.2, 0.25) is 0 Å². The molecular formula is C11H12BrFO2. The van der Waals surface area contributed by atoms with Crippen molar-refractivity contribution in [2.45, 2.75) is 12.8 Å². The fourth-order valence-corrected chi connectivity index (χ4v) is 1.80. The highest BCUT2D eigenvalue weighted by atomic mass is 79.9. The van der Waals surface area contributed by atoms with Crippen LogP contribution in [0.5, 0.6) is 0 Å². The number of benzene rings is 1. The molecule has 1 aromatic rings. The Balaban J connectivity index is 2.65. The molecule has 0 aromatic heterocycles. The van der Waals surface area contributed by atoms with Gasteiger partial charge in [0.15, 0.2) is 5.78 Å². The average molecular weight is 275 g/mol. The molecule has 0 bridgehead atoms. The van der Waals surface area contributed by atoms with Crippen molar-refractivity contribution in [3.63, 3.8) is 0 Å². The minimum absolute atomic E-state index is 0.000995. The smallest absolute Gasteiger partial charge is 0.164 e. The minimum atomic E-state index is -0.352. The van der Waals surface area contributed by atoms with Crippen molar-refractivity contribution in [2.75, 3.05) is 13.7 Å². The number of rotatable bonds is 5. The fourth-order valence-electron chi connectivity index (χ4n) is 1.23. The van der Waals surface area contributed by atoms with Crippen LogP contribution in [-0.4, -0.2) is 19.5 Å². The minimum Gasteiger partial charge on any atom is -0.385 e. The maximum atomic E-state index is 12.8. The molecule has 82 valence electrons. The third-order valence-corrected chi connectivity index (χ3v) is 2.64. The number of methoxy groups -OCH3 is 1. The van der Waals surface area contributed by atoms with Crippen molar-refractivity contribution >= 4 is 21.7 Å². The van der Waals surface area contributed by atoms with Crippen molar-refractivity contribution < 1.29 is 13.9 Å². The van der Waals surface area contributed by atoms with E-state index in [-0.39, 0.29) is 11.6 Å². The first-order valence-corrected chi connectivity index (χ1v) is 5.41. The van der Waals surface area contributed by atoms with Gasteiger partial charge in [0.05, 0.1) is 0 Å². The molecule has 0 aliphatic heterocycles. The summed E-state index contributed by atoms with van der Waals surface area (Å²) in [6, 6.07) is 4.08. The summed E-state index contributed by atoms with van der Waals surface area (Å²) >= 11 is 3.16. The first-order chi connectivity index (χ1) is 7.15. The number of carbonyl (C=O) groups excluding carboxylic acids is 1. The summed E-state index contributed by atoms with van der Waals surface area (Å²) < 4.78 is 18.1. The first kappa shape index (κ1) is 12.3. The molecule has 0 radical (unpaired) electrons. The number of ketones is 1. The SMILES string of the molecule is COCCCC(=O)c1ccc(F)cc1Br. The lowest BCUT2D eigenvalue weighted by Gasteiger charge is -2.03. The van der Waals surface area contributed by atoms with E-state index < -0.39 is 0 Å². The molecule has 0 fully saturated rings. The topological polar surface area (TPSA) is 26.3 Å². The quantitative estimate of drug-likeness (QED) is 0.609. The van der Waals surface area contributed by atoms with Crippen LogP contribution in [0.3, 0.4) is 0 Å². The van der Waals surface area contributed by atoms with Gasteiger partial charge < -0.3 is 4.74 Å². The maximum absolute atomic E-state index is 12.8. The van der Waals surface area contributed by atoms with Gasteiger partial charge >= 0.3 is 0 Å². The van der Waals surface area contributed by atoms with E-state index in [2.05, 4.69) is 15.9 Å². The number of ether oxygens (including phenoxy) is 1. The molecule has 0 saturated carbocycles. The highest BCUT2D eigenvalue weighted by molar-refractivity contribution is 9.10. The monoisotopic (exact) mass is 274 g/mol. The maximum Gasteiger partial charge on any atom is 0.164 e. The Bertz CT molecular complexity index is 352. The van der Waals surface area contributed by atoms with E-state index in [4.69, 9.17) is 4.74 Å². The Morgan fingerprint density at radius 1 is 1.53 bits per heavy atom. The van der Waals surface area contributed by atoms with Crippen LogP contribution in [0.4, 0.5) is 4.39 Å². The molecule has 0 saturated heterocycles. The Labute approximate surface area is 96.6 Å². The van der Waals surface area contributed by atoms with Crippen LogP contribution in [-0.2, 0) is 4.74 Å². The standard InChI is InChI=1S/C11H12BrFO2/c1-15-6-2-3-11(14)9-5-4-8(13)7-10(9)12/h4-5,7H,2-3,6H2,1H3. The lowest BCUT2D eigenvalue weighted by atomic mass is 10.1. The van der Waals surface area contributed by atoms with Gasteiger partial charge in [-0.2, -0.15) is 0 Å². The normalized spacial score (nSPS) is 10.3. The Kier molecular flexibility index (Phi) is 4.91. The molecule has 0 N–H and O–H groups in total. The van der Waals surface area contributed by atoms with E-state index in [9.17, 15) is 9.18 Å². The first-order valence-electron chi connectivity index (χ1n) is 4.62. The summed E-state index contributed by atoms with van der Waals surface area (Å²) in [6.45, 7) is 0.560. The van der Waals surface area contributed by atoms with Crippen molar-refractivity contribution in [3.05, 3.63) is 34.1 Å². The molecule has 2 nitrogen and oxygen atoms in total. The van der Waals surface area contributed by atoms with Gasteiger partial charge in [0.2, 0.25) is 0 Å². The summed E-state index contributed by atoms with van der Waals surface area (Å²) in [4.78, 5) is 11.6. The second kappa shape index (κ2) is 5.98. The number of hydrogen-bond donors (Lipinski definition) is 0. The highest BCUT2D eigenvalue weighted by Crippen LogP contribution is 2.19. The average Bonchev–Trinajstić information content (AvgIpc) is 2.17. The van der Waals surface area contributed by atoms with E-state index in [0.29, 0.717) is 29.5 Å². The zero-order valence-electron chi connectivity index (χ0n) is 8.43. The second-order valence-corrected chi connectivity index (χ2v) is 4.00. The van der Waals surface area contributed by atoms with Crippen molar-refractivity contribution in [1.82, 2.24) is 0 Å². The van der Waals surface area contributed by atoms with E-state index in [1.165, 1.54) is 18.2 Å². The summed E-state index contributed by atoms with van der Waals surface area (Å²) in [6.07, 6.45) is 1.09. The van der Waals surface area contributed by atoms with Crippen LogP contribution >= 0.6 is 15.9 Å². The third kappa shape index (κ3) is 3.72. The highest BCUT2D eigenvalue weighted by Gasteiger charge is 2.10. The third-order valence-electron chi connectivity index (χ3n) is 1.98. The molecule has 1 aromatic carbocycles. The summed E-state index contributed by atoms with van der Waals surface area (Å²) in [5, 5.41) is 0. The Morgan fingerprint density at radius 2 is 2.27 bits per heavy atom. The number of carbonyl (C=O) groups is 1. The van der Waals surface area contributed by atoms with Gasteiger partial charge in [-0.15, -0.1) is 0 Å². The Hall–Kier alpha value is -0.740. The summed E-state index contributed by atoms with van der Waals surface area (Å²) in [7, 11) is 1.60. The van der Waals surface area contributed by atoms with Gasteiger partial charge in [-0.25, -0.2) is 4.39 Å². The van der Waals surface area contributed by atoms with Crippen LogP contribution in [0.25, 0.3) is 0 Å². The van der Waals surface area contributed by atoms with Gasteiger partial charge in [0.25, 0.3) is 0 Å². The molecule has 0 heterocycles.